The van der Waals surface area contributed by atoms with Crippen LogP contribution >= 0.6 is 0 Å². The highest BCUT2D eigenvalue weighted by atomic mass is 16.5. The van der Waals surface area contributed by atoms with Gasteiger partial charge in [-0.15, -0.1) is 0 Å². The Balaban J connectivity index is 2.34. The van der Waals surface area contributed by atoms with Crippen molar-refractivity contribution < 1.29 is 34.1 Å². The van der Waals surface area contributed by atoms with Gasteiger partial charge in [0.25, 0.3) is 0 Å². The molecule has 0 spiro atoms. The monoisotopic (exact) mass is 348 g/mol. The van der Waals surface area contributed by atoms with Crippen LogP contribution in [0, 0.1) is 6.92 Å². The Hall–Kier alpha value is -2.83. The first kappa shape index (κ1) is 18.5. The first-order chi connectivity index (χ1) is 11.9. The summed E-state index contributed by atoms with van der Waals surface area (Å²) in [5.74, 6) is -2.24. The van der Waals surface area contributed by atoms with Crippen molar-refractivity contribution in [3.63, 3.8) is 0 Å². The molecule has 0 amide bonds. The second kappa shape index (κ2) is 7.83. The van der Waals surface area contributed by atoms with Crippen molar-refractivity contribution in [2.75, 3.05) is 7.11 Å². The summed E-state index contributed by atoms with van der Waals surface area (Å²) in [7, 11) is 1.46. The third-order valence-corrected chi connectivity index (χ3v) is 4.14. The molecular formula is C18H20O7. The van der Waals surface area contributed by atoms with E-state index in [1.165, 1.54) is 7.11 Å². The first-order valence-corrected chi connectivity index (χ1v) is 7.88. The summed E-state index contributed by atoms with van der Waals surface area (Å²) < 4.78 is 10.4. The van der Waals surface area contributed by atoms with Crippen LogP contribution in [0.15, 0.2) is 12.2 Å². The minimum absolute atomic E-state index is 0.0456. The number of esters is 1. The molecule has 0 aromatic heterocycles. The lowest BCUT2D eigenvalue weighted by Crippen LogP contribution is -2.13. The Kier molecular flexibility index (Phi) is 5.80. The number of ether oxygens (including phenoxy) is 2. The van der Waals surface area contributed by atoms with E-state index in [1.54, 1.807) is 19.1 Å². The fraction of sp³-hybridized carbons (Fsp3) is 0.389. The Morgan fingerprint density at radius 3 is 2.52 bits per heavy atom. The highest BCUT2D eigenvalue weighted by Crippen LogP contribution is 2.38. The van der Waals surface area contributed by atoms with Crippen molar-refractivity contribution in [3.05, 3.63) is 40.0 Å². The van der Waals surface area contributed by atoms with Gasteiger partial charge in [0.2, 0.25) is 0 Å². The van der Waals surface area contributed by atoms with Crippen LogP contribution in [0.3, 0.4) is 0 Å². The molecule has 0 radical (unpaired) electrons. The third-order valence-electron chi connectivity index (χ3n) is 4.14. The molecule has 2 N–H and O–H groups in total. The second-order valence-electron chi connectivity index (χ2n) is 5.69. The van der Waals surface area contributed by atoms with Crippen LogP contribution in [-0.2, 0) is 22.6 Å². The molecule has 2 rings (SSSR count). The van der Waals surface area contributed by atoms with Crippen LogP contribution in [0.25, 0.3) is 0 Å². The van der Waals surface area contributed by atoms with Gasteiger partial charge in [0.05, 0.1) is 18.2 Å². The molecule has 134 valence electrons. The molecule has 7 heteroatoms. The van der Waals surface area contributed by atoms with Gasteiger partial charge >= 0.3 is 17.9 Å². The molecule has 7 nitrogen and oxygen atoms in total. The zero-order chi connectivity index (χ0) is 18.6. The molecule has 1 aliphatic rings. The van der Waals surface area contributed by atoms with E-state index in [4.69, 9.17) is 14.6 Å². The fourth-order valence-corrected chi connectivity index (χ4v) is 3.00. The topological polar surface area (TPSA) is 110 Å². The summed E-state index contributed by atoms with van der Waals surface area (Å²) in [5.41, 5.74) is 1.75. The first-order valence-electron chi connectivity index (χ1n) is 7.88. The van der Waals surface area contributed by atoms with Gasteiger partial charge in [0, 0.05) is 17.5 Å². The largest absolute Gasteiger partial charge is 0.496 e. The lowest BCUT2D eigenvalue weighted by Gasteiger charge is -2.17. The number of carbonyl (C=O) groups is 3. The summed E-state index contributed by atoms with van der Waals surface area (Å²) in [5, 5.41) is 18.2. The normalized spacial score (nSPS) is 13.0. The predicted molar refractivity (Wildman–Crippen MR) is 88.1 cm³/mol. The Morgan fingerprint density at radius 2 is 1.92 bits per heavy atom. The molecule has 1 aromatic rings. The van der Waals surface area contributed by atoms with Gasteiger partial charge in [0.1, 0.15) is 12.4 Å². The number of fused-ring (bicyclic) bond motifs is 1. The molecule has 0 aliphatic carbocycles. The van der Waals surface area contributed by atoms with Crippen LogP contribution < -0.4 is 4.74 Å². The Labute approximate surface area is 144 Å². The minimum atomic E-state index is -1.20. The van der Waals surface area contributed by atoms with Gasteiger partial charge in [-0.2, -0.15) is 0 Å². The van der Waals surface area contributed by atoms with Gasteiger partial charge in [0.15, 0.2) is 0 Å². The van der Waals surface area contributed by atoms with E-state index in [0.717, 1.165) is 0 Å². The number of aliphatic carboxylic acids is 1. The molecule has 0 atom stereocenters. The van der Waals surface area contributed by atoms with Crippen molar-refractivity contribution in [1.82, 2.24) is 0 Å². The van der Waals surface area contributed by atoms with Crippen LogP contribution in [0.4, 0.5) is 0 Å². The quantitative estimate of drug-likeness (QED) is 0.549. The van der Waals surface area contributed by atoms with E-state index in [1.807, 2.05) is 0 Å². The number of carboxylic acids is 2. The standard InChI is InChI=1S/C18H20O7/c1-10-12-9-25-18(23)15(12)14(17(21)22)11(16(10)24-2)7-5-3-4-6-8-13(19)20/h3-4H,5-9H2,1-2H3,(H,19,20)(H,21,22)/b4-3+. The summed E-state index contributed by atoms with van der Waals surface area (Å²) in [6.07, 6.45) is 4.86. The summed E-state index contributed by atoms with van der Waals surface area (Å²) in [4.78, 5) is 34.2. The van der Waals surface area contributed by atoms with Gasteiger partial charge < -0.3 is 19.7 Å². The average molecular weight is 348 g/mol. The lowest BCUT2D eigenvalue weighted by atomic mass is 9.90. The van der Waals surface area contributed by atoms with Crippen molar-refractivity contribution in [3.8, 4) is 5.75 Å². The van der Waals surface area contributed by atoms with Gasteiger partial charge in [-0.1, -0.05) is 12.2 Å². The number of carbonyl (C=O) groups excluding carboxylic acids is 1. The van der Waals surface area contributed by atoms with Gasteiger partial charge in [-0.05, 0) is 31.7 Å². The maximum Gasteiger partial charge on any atom is 0.339 e. The molecule has 0 saturated carbocycles. The van der Waals surface area contributed by atoms with E-state index in [2.05, 4.69) is 0 Å². The summed E-state index contributed by atoms with van der Waals surface area (Å²) in [6, 6.07) is 0. The Morgan fingerprint density at radius 1 is 1.24 bits per heavy atom. The number of aromatic carboxylic acids is 1. The summed E-state index contributed by atoms with van der Waals surface area (Å²) in [6.45, 7) is 1.82. The highest BCUT2D eigenvalue weighted by Gasteiger charge is 2.34. The Bertz CT molecular complexity index is 747. The zero-order valence-corrected chi connectivity index (χ0v) is 14.1. The van der Waals surface area contributed by atoms with E-state index in [9.17, 15) is 19.5 Å². The molecule has 0 bridgehead atoms. The van der Waals surface area contributed by atoms with Crippen molar-refractivity contribution >= 4 is 17.9 Å². The highest BCUT2D eigenvalue weighted by molar-refractivity contribution is 6.07. The molecule has 25 heavy (non-hydrogen) atoms. The van der Waals surface area contributed by atoms with Crippen LogP contribution in [0.2, 0.25) is 0 Å². The molecule has 1 aliphatic heterocycles. The molecule has 0 fully saturated rings. The van der Waals surface area contributed by atoms with E-state index >= 15 is 0 Å². The average Bonchev–Trinajstić information content (AvgIpc) is 2.92. The number of cyclic esters (lactones) is 1. The number of hydrogen-bond donors (Lipinski definition) is 2. The fourth-order valence-electron chi connectivity index (χ4n) is 3.00. The molecule has 1 aromatic carbocycles. The minimum Gasteiger partial charge on any atom is -0.496 e. The number of allylic oxidation sites excluding steroid dienone is 2. The van der Waals surface area contributed by atoms with Gasteiger partial charge in [-0.3, -0.25) is 4.79 Å². The number of hydrogen-bond acceptors (Lipinski definition) is 5. The van der Waals surface area contributed by atoms with Gasteiger partial charge in [-0.25, -0.2) is 9.59 Å². The number of benzene rings is 1. The van der Waals surface area contributed by atoms with E-state index in [-0.39, 0.29) is 24.2 Å². The lowest BCUT2D eigenvalue weighted by molar-refractivity contribution is -0.136. The molecule has 1 heterocycles. The third kappa shape index (κ3) is 3.81. The smallest absolute Gasteiger partial charge is 0.339 e. The number of carboxylic acid groups (broad SMARTS) is 2. The molecule has 0 saturated heterocycles. The van der Waals surface area contributed by atoms with E-state index < -0.39 is 17.9 Å². The molecular weight excluding hydrogens is 328 g/mol. The van der Waals surface area contributed by atoms with Crippen molar-refractivity contribution in [1.29, 1.82) is 0 Å². The zero-order valence-electron chi connectivity index (χ0n) is 14.1. The SMILES string of the molecule is COc1c(C)c2c(c(C(=O)O)c1CC/C=C/CCC(=O)O)C(=O)OC2. The summed E-state index contributed by atoms with van der Waals surface area (Å²) >= 11 is 0. The van der Waals surface area contributed by atoms with Crippen molar-refractivity contribution in [2.45, 2.75) is 39.2 Å². The second-order valence-corrected chi connectivity index (χ2v) is 5.69. The van der Waals surface area contributed by atoms with Crippen LogP contribution in [-0.4, -0.2) is 35.2 Å². The van der Waals surface area contributed by atoms with Crippen LogP contribution in [0.5, 0.6) is 5.75 Å². The molecule has 0 unspecified atom stereocenters. The maximum absolute atomic E-state index is 12.0. The number of rotatable bonds is 8. The predicted octanol–water partition coefficient (Wildman–Crippen LogP) is 2.73. The van der Waals surface area contributed by atoms with Crippen molar-refractivity contribution in [2.24, 2.45) is 0 Å². The number of methoxy groups -OCH3 is 1. The van der Waals surface area contributed by atoms with E-state index in [0.29, 0.717) is 41.7 Å². The maximum atomic E-state index is 12.0. The van der Waals surface area contributed by atoms with Crippen LogP contribution in [0.1, 0.15) is 56.7 Å².